The van der Waals surface area contributed by atoms with Crippen molar-refractivity contribution in [1.29, 1.82) is 0 Å². The molecule has 30 heavy (non-hydrogen) atoms. The van der Waals surface area contributed by atoms with Gasteiger partial charge < -0.3 is 5.32 Å². The van der Waals surface area contributed by atoms with E-state index in [0.29, 0.717) is 30.5 Å². The van der Waals surface area contributed by atoms with Gasteiger partial charge in [0.1, 0.15) is 16.6 Å². The van der Waals surface area contributed by atoms with E-state index in [2.05, 4.69) is 15.5 Å². The van der Waals surface area contributed by atoms with E-state index in [4.69, 9.17) is 0 Å². The first-order chi connectivity index (χ1) is 14.4. The zero-order valence-corrected chi connectivity index (χ0v) is 17.1. The number of carbonyl (C=O) groups is 1. The summed E-state index contributed by atoms with van der Waals surface area (Å²) in [6.07, 6.45) is 1.20. The highest BCUT2D eigenvalue weighted by Gasteiger charge is 2.38. The monoisotopic (exact) mass is 450 g/mol. The van der Waals surface area contributed by atoms with Crippen molar-refractivity contribution in [2.24, 2.45) is 0 Å². The molecule has 0 unspecified atom stereocenters. The van der Waals surface area contributed by atoms with Gasteiger partial charge in [0.2, 0.25) is 15.0 Å². The number of rotatable bonds is 5. The predicted octanol–water partition coefficient (Wildman–Crippen LogP) is 3.59. The van der Waals surface area contributed by atoms with Crippen molar-refractivity contribution in [3.8, 4) is 0 Å². The number of carbonyl (C=O) groups excluding carboxylic acids is 1. The quantitative estimate of drug-likeness (QED) is 0.641. The molecule has 156 valence electrons. The summed E-state index contributed by atoms with van der Waals surface area (Å²) in [4.78, 5) is 12.6. The number of aromatic nitrogens is 2. The normalized spacial score (nSPS) is 17.2. The largest absolute Gasteiger partial charge is 0.317 e. The van der Waals surface area contributed by atoms with Crippen LogP contribution in [0.3, 0.4) is 0 Å². The van der Waals surface area contributed by atoms with Gasteiger partial charge >= 0.3 is 0 Å². The van der Waals surface area contributed by atoms with Crippen molar-refractivity contribution in [1.82, 2.24) is 14.5 Å². The Hall–Kier alpha value is -2.76. The average Bonchev–Trinajstić information content (AvgIpc) is 3.40. The lowest BCUT2D eigenvalue weighted by Gasteiger charge is -2.22. The average molecular weight is 450 g/mol. The van der Waals surface area contributed by atoms with Crippen LogP contribution in [0.25, 0.3) is 0 Å². The molecule has 0 spiro atoms. The summed E-state index contributed by atoms with van der Waals surface area (Å²) in [6.45, 7) is 0.337. The highest BCUT2D eigenvalue weighted by atomic mass is 32.2. The maximum atomic E-state index is 13.8. The molecular weight excluding hydrogens is 434 g/mol. The molecule has 4 rings (SSSR count). The number of nitrogens with zero attached hydrogens (tertiary/aromatic N) is 3. The van der Waals surface area contributed by atoms with Gasteiger partial charge in [-0.1, -0.05) is 29.5 Å². The van der Waals surface area contributed by atoms with Crippen LogP contribution in [0.5, 0.6) is 0 Å². The van der Waals surface area contributed by atoms with Crippen molar-refractivity contribution in [2.45, 2.75) is 23.8 Å². The Balaban J connectivity index is 1.55. The van der Waals surface area contributed by atoms with Crippen LogP contribution >= 0.6 is 11.3 Å². The lowest BCUT2D eigenvalue weighted by molar-refractivity contribution is 0.102. The Kier molecular flexibility index (Phi) is 5.58. The highest BCUT2D eigenvalue weighted by molar-refractivity contribution is 7.89. The molecule has 1 fully saturated rings. The molecule has 1 atom stereocenters. The molecule has 0 saturated carbocycles. The highest BCUT2D eigenvalue weighted by Crippen LogP contribution is 2.37. The van der Waals surface area contributed by atoms with Crippen LogP contribution in [0.15, 0.2) is 53.4 Å². The predicted molar refractivity (Wildman–Crippen MR) is 107 cm³/mol. The number of hydrogen-bond acceptors (Lipinski definition) is 6. The van der Waals surface area contributed by atoms with Crippen LogP contribution in [-0.4, -0.2) is 35.4 Å². The van der Waals surface area contributed by atoms with Gasteiger partial charge in [-0.15, -0.1) is 10.2 Å². The fourth-order valence-corrected chi connectivity index (χ4v) is 5.86. The molecule has 2 aromatic carbocycles. The van der Waals surface area contributed by atoms with E-state index in [9.17, 15) is 22.0 Å². The molecule has 1 N–H and O–H groups in total. The molecule has 1 saturated heterocycles. The molecule has 0 aliphatic carbocycles. The van der Waals surface area contributed by atoms with Gasteiger partial charge in [-0.3, -0.25) is 4.79 Å². The summed E-state index contributed by atoms with van der Waals surface area (Å²) < 4.78 is 54.1. The molecule has 0 bridgehead atoms. The Morgan fingerprint density at radius 1 is 1.13 bits per heavy atom. The molecule has 1 aliphatic rings. The molecule has 1 aliphatic heterocycles. The second-order valence-electron chi connectivity index (χ2n) is 6.61. The summed E-state index contributed by atoms with van der Waals surface area (Å²) in [7, 11) is -3.72. The van der Waals surface area contributed by atoms with E-state index in [1.165, 1.54) is 16.4 Å². The van der Waals surface area contributed by atoms with Gasteiger partial charge in [0, 0.05) is 12.6 Å². The van der Waals surface area contributed by atoms with Gasteiger partial charge in [0.25, 0.3) is 5.91 Å². The first-order valence-electron chi connectivity index (χ1n) is 9.03. The van der Waals surface area contributed by atoms with Crippen LogP contribution < -0.4 is 5.32 Å². The van der Waals surface area contributed by atoms with Gasteiger partial charge in [0.05, 0.1) is 16.6 Å². The minimum atomic E-state index is -3.72. The van der Waals surface area contributed by atoms with Gasteiger partial charge in [-0.2, -0.15) is 4.31 Å². The molecule has 3 aromatic rings. The Labute approximate surface area is 175 Å². The Morgan fingerprint density at radius 2 is 1.90 bits per heavy atom. The van der Waals surface area contributed by atoms with Gasteiger partial charge in [-0.25, -0.2) is 17.2 Å². The first-order valence-corrected chi connectivity index (χ1v) is 11.3. The van der Waals surface area contributed by atoms with Crippen molar-refractivity contribution in [2.75, 3.05) is 11.9 Å². The van der Waals surface area contributed by atoms with Crippen molar-refractivity contribution >= 4 is 33.0 Å². The maximum Gasteiger partial charge on any atom is 0.286 e. The first kappa shape index (κ1) is 20.5. The lowest BCUT2D eigenvalue weighted by atomic mass is 10.2. The number of nitrogens with one attached hydrogen (secondary N) is 1. The van der Waals surface area contributed by atoms with E-state index < -0.39 is 33.6 Å². The molecule has 1 amide bonds. The number of anilines is 1. The second-order valence-corrected chi connectivity index (χ2v) is 9.51. The third kappa shape index (κ3) is 3.95. The molecule has 0 radical (unpaired) electrons. The van der Waals surface area contributed by atoms with Crippen molar-refractivity contribution < 1.29 is 22.0 Å². The Bertz CT molecular complexity index is 1190. The summed E-state index contributed by atoms with van der Waals surface area (Å²) in [6, 6.07) is 10.4. The smallest absolute Gasteiger partial charge is 0.286 e. The molecule has 1 aromatic heterocycles. The van der Waals surface area contributed by atoms with E-state index in [1.54, 1.807) is 18.2 Å². The van der Waals surface area contributed by atoms with Crippen molar-refractivity contribution in [3.63, 3.8) is 0 Å². The van der Waals surface area contributed by atoms with Gasteiger partial charge in [0.15, 0.2) is 0 Å². The summed E-state index contributed by atoms with van der Waals surface area (Å²) in [5.41, 5.74) is -0.188. The van der Waals surface area contributed by atoms with Gasteiger partial charge in [-0.05, 0) is 37.1 Å². The van der Waals surface area contributed by atoms with E-state index in [0.717, 1.165) is 23.5 Å². The summed E-state index contributed by atoms with van der Waals surface area (Å²) in [5.74, 6) is -2.38. The zero-order valence-electron chi connectivity index (χ0n) is 15.5. The van der Waals surface area contributed by atoms with Crippen LogP contribution in [0.2, 0.25) is 0 Å². The SMILES string of the molecule is O=C(Nc1ccc(F)cc1F)c1nnc([C@H]2CCCN2S(=O)(=O)c2ccccc2)s1. The van der Waals surface area contributed by atoms with Crippen molar-refractivity contribution in [3.05, 3.63) is 70.2 Å². The molecule has 11 heteroatoms. The summed E-state index contributed by atoms with van der Waals surface area (Å²) >= 11 is 0.945. The third-order valence-corrected chi connectivity index (χ3v) is 7.60. The number of sulfonamides is 1. The van der Waals surface area contributed by atoms with E-state index >= 15 is 0 Å². The van der Waals surface area contributed by atoms with Crippen LogP contribution in [0.1, 0.15) is 33.7 Å². The van der Waals surface area contributed by atoms with Crippen LogP contribution in [0, 0.1) is 11.6 Å². The lowest BCUT2D eigenvalue weighted by Crippen LogP contribution is -2.30. The number of hydrogen-bond donors (Lipinski definition) is 1. The molecule has 7 nitrogen and oxygen atoms in total. The maximum absolute atomic E-state index is 13.8. The fraction of sp³-hybridized carbons (Fsp3) is 0.211. The number of halogens is 2. The Morgan fingerprint density at radius 3 is 2.63 bits per heavy atom. The fourth-order valence-electron chi connectivity index (χ4n) is 3.23. The van der Waals surface area contributed by atoms with Crippen LogP contribution in [-0.2, 0) is 10.0 Å². The minimum Gasteiger partial charge on any atom is -0.317 e. The third-order valence-electron chi connectivity index (χ3n) is 4.65. The summed E-state index contributed by atoms with van der Waals surface area (Å²) in [5, 5.41) is 10.5. The van der Waals surface area contributed by atoms with Crippen LogP contribution in [0.4, 0.5) is 14.5 Å². The second kappa shape index (κ2) is 8.17. The van der Waals surface area contributed by atoms with E-state index in [-0.39, 0.29) is 15.6 Å². The minimum absolute atomic E-state index is 0.0438. The van der Waals surface area contributed by atoms with E-state index in [1.807, 2.05) is 0 Å². The molecular formula is C19H16F2N4O3S2. The molecule has 2 heterocycles. The topological polar surface area (TPSA) is 92.3 Å². The standard InChI is InChI=1S/C19H16F2N4O3S2/c20-12-8-9-15(14(21)11-12)22-17(26)19-24-23-18(29-19)16-7-4-10-25(16)30(27,28)13-5-2-1-3-6-13/h1-3,5-6,8-9,11,16H,4,7,10H2,(H,22,26)/t16-/m1/s1. The number of amides is 1. The zero-order chi connectivity index (χ0) is 21.3. The number of benzene rings is 2.